The summed E-state index contributed by atoms with van der Waals surface area (Å²) in [6.07, 6.45) is 0. The Morgan fingerprint density at radius 2 is 1.66 bits per heavy atom. The van der Waals surface area contributed by atoms with Crippen LogP contribution in [0.25, 0.3) is 10.8 Å². The number of anilines is 1. The number of benzene rings is 3. The van der Waals surface area contributed by atoms with Crippen LogP contribution in [-0.4, -0.2) is 33.4 Å². The van der Waals surface area contributed by atoms with Crippen molar-refractivity contribution in [3.63, 3.8) is 0 Å². The molecule has 0 fully saturated rings. The fourth-order valence-electron chi connectivity index (χ4n) is 3.28. The van der Waals surface area contributed by atoms with Gasteiger partial charge in [-0.25, -0.2) is 8.42 Å². The molecule has 1 aliphatic heterocycles. The maximum absolute atomic E-state index is 12.8. The highest BCUT2D eigenvalue weighted by molar-refractivity contribution is 7.93. The molecule has 0 aliphatic carbocycles. The molecule has 0 saturated heterocycles. The molecule has 4 rings (SSSR count). The highest BCUT2D eigenvalue weighted by Gasteiger charge is 2.37. The number of sulfonamides is 1. The van der Waals surface area contributed by atoms with Crippen molar-refractivity contribution in [2.24, 2.45) is 0 Å². The first kappa shape index (κ1) is 18.9. The maximum Gasteiger partial charge on any atom is 0.327 e. The summed E-state index contributed by atoms with van der Waals surface area (Å²) >= 11 is 0. The number of hydrogen-bond acceptors (Lipinski definition) is 5. The van der Waals surface area contributed by atoms with E-state index in [9.17, 15) is 18.0 Å². The monoisotopic (exact) mass is 410 g/mol. The van der Waals surface area contributed by atoms with Crippen LogP contribution >= 0.6 is 0 Å². The van der Waals surface area contributed by atoms with Gasteiger partial charge in [0.15, 0.2) is 6.61 Å². The zero-order valence-corrected chi connectivity index (χ0v) is 16.2. The minimum Gasteiger partial charge on any atom is -0.454 e. The van der Waals surface area contributed by atoms with Crippen molar-refractivity contribution in [2.75, 3.05) is 17.5 Å². The third-order valence-electron chi connectivity index (χ3n) is 4.65. The second kappa shape index (κ2) is 7.56. The second-order valence-electron chi connectivity index (χ2n) is 6.57. The van der Waals surface area contributed by atoms with Crippen LogP contribution in [0.15, 0.2) is 71.6 Å². The van der Waals surface area contributed by atoms with E-state index in [1.807, 2.05) is 42.5 Å². The van der Waals surface area contributed by atoms with Gasteiger partial charge in [-0.05, 0) is 23.1 Å². The van der Waals surface area contributed by atoms with Crippen molar-refractivity contribution in [1.82, 2.24) is 5.32 Å². The molecular formula is C21H18N2O5S. The maximum atomic E-state index is 12.8. The van der Waals surface area contributed by atoms with Crippen LogP contribution in [0, 0.1) is 0 Å². The Bertz CT molecular complexity index is 1190. The minimum atomic E-state index is -3.85. The molecule has 1 aliphatic rings. The molecule has 1 N–H and O–H groups in total. The number of rotatable bonds is 6. The molecule has 7 nitrogen and oxygen atoms in total. The van der Waals surface area contributed by atoms with E-state index in [1.54, 1.807) is 18.2 Å². The van der Waals surface area contributed by atoms with Crippen LogP contribution in [0.3, 0.4) is 0 Å². The van der Waals surface area contributed by atoms with Crippen molar-refractivity contribution in [2.45, 2.75) is 11.4 Å². The Balaban J connectivity index is 1.39. The van der Waals surface area contributed by atoms with Crippen LogP contribution in [0.2, 0.25) is 0 Å². The molecule has 0 radical (unpaired) electrons. The molecule has 29 heavy (non-hydrogen) atoms. The van der Waals surface area contributed by atoms with Crippen LogP contribution in [0.4, 0.5) is 5.69 Å². The topological polar surface area (TPSA) is 92.8 Å². The van der Waals surface area contributed by atoms with E-state index in [0.717, 1.165) is 15.3 Å². The van der Waals surface area contributed by atoms with Gasteiger partial charge in [-0.15, -0.1) is 0 Å². The smallest absolute Gasteiger partial charge is 0.327 e. The zero-order chi connectivity index (χ0) is 20.4. The molecule has 0 saturated carbocycles. The summed E-state index contributed by atoms with van der Waals surface area (Å²) in [6.45, 7) is -0.659. The standard InChI is InChI=1S/C21H18N2O5S/c24-19(22-12-15-6-2-1-3-7-15)14-28-20(25)13-23-17-10-4-8-16-9-5-11-18(21(16)17)29(23,26)27/h1-11H,12-14H2,(H,22,24). The number of carbonyl (C=O) groups is 2. The van der Waals surface area contributed by atoms with Crippen molar-refractivity contribution in [3.05, 3.63) is 72.3 Å². The van der Waals surface area contributed by atoms with E-state index in [1.165, 1.54) is 6.07 Å². The lowest BCUT2D eigenvalue weighted by molar-refractivity contribution is -0.147. The first-order valence-corrected chi connectivity index (χ1v) is 10.4. The summed E-state index contributed by atoms with van der Waals surface area (Å²) in [5.41, 5.74) is 1.35. The SMILES string of the molecule is O=C(COC(=O)CN1c2cccc3cccc(c23)S1(=O)=O)NCc1ccccc1. The molecule has 0 spiro atoms. The van der Waals surface area contributed by atoms with E-state index in [2.05, 4.69) is 5.32 Å². The number of nitrogens with zero attached hydrogens (tertiary/aromatic N) is 1. The number of hydrogen-bond donors (Lipinski definition) is 1. The van der Waals surface area contributed by atoms with E-state index in [-0.39, 0.29) is 4.90 Å². The molecule has 8 heteroatoms. The number of nitrogens with one attached hydrogen (secondary N) is 1. The largest absolute Gasteiger partial charge is 0.454 e. The van der Waals surface area contributed by atoms with Crippen molar-refractivity contribution >= 4 is 38.4 Å². The molecule has 1 heterocycles. The average Bonchev–Trinajstić information content (AvgIpc) is 2.95. The number of esters is 1. The molecular weight excluding hydrogens is 392 g/mol. The van der Waals surface area contributed by atoms with Gasteiger partial charge >= 0.3 is 5.97 Å². The van der Waals surface area contributed by atoms with Crippen LogP contribution in [0.1, 0.15) is 5.56 Å². The lowest BCUT2D eigenvalue weighted by Gasteiger charge is -2.17. The van der Waals surface area contributed by atoms with Crippen molar-refractivity contribution in [3.8, 4) is 0 Å². The van der Waals surface area contributed by atoms with Gasteiger partial charge < -0.3 is 10.1 Å². The van der Waals surface area contributed by atoms with Crippen LogP contribution < -0.4 is 9.62 Å². The van der Waals surface area contributed by atoms with Gasteiger partial charge in [0.25, 0.3) is 15.9 Å². The predicted molar refractivity (Wildman–Crippen MR) is 108 cm³/mol. The summed E-state index contributed by atoms with van der Waals surface area (Å²) < 4.78 is 31.7. The third-order valence-corrected chi connectivity index (χ3v) is 6.45. The minimum absolute atomic E-state index is 0.166. The lowest BCUT2D eigenvalue weighted by Crippen LogP contribution is -2.35. The molecule has 3 aromatic rings. The van der Waals surface area contributed by atoms with Gasteiger partial charge in [-0.2, -0.15) is 0 Å². The third kappa shape index (κ3) is 3.66. The molecule has 0 aromatic heterocycles. The van der Waals surface area contributed by atoms with Gasteiger partial charge in [0.1, 0.15) is 6.54 Å². The van der Waals surface area contributed by atoms with Crippen LogP contribution in [-0.2, 0) is 30.9 Å². The second-order valence-corrected chi connectivity index (χ2v) is 8.40. The summed E-state index contributed by atoms with van der Waals surface area (Å²) in [5.74, 6) is -1.26. The summed E-state index contributed by atoms with van der Waals surface area (Å²) in [7, 11) is -3.85. The first-order valence-electron chi connectivity index (χ1n) is 8.97. The van der Waals surface area contributed by atoms with Gasteiger partial charge in [-0.1, -0.05) is 54.6 Å². The number of carbonyl (C=O) groups excluding carboxylic acids is 2. The van der Waals surface area contributed by atoms with E-state index >= 15 is 0 Å². The molecule has 0 unspecified atom stereocenters. The summed E-state index contributed by atoms with van der Waals surface area (Å²) in [5, 5.41) is 4.01. The highest BCUT2D eigenvalue weighted by Crippen LogP contribution is 2.41. The Labute approximate surface area is 167 Å². The van der Waals surface area contributed by atoms with Gasteiger partial charge in [-0.3, -0.25) is 13.9 Å². The fourth-order valence-corrected chi connectivity index (χ4v) is 4.94. The molecule has 0 bridgehead atoms. The Kier molecular flexibility index (Phi) is 4.94. The van der Waals surface area contributed by atoms with Crippen LogP contribution in [0.5, 0.6) is 0 Å². The highest BCUT2D eigenvalue weighted by atomic mass is 32.2. The first-order chi connectivity index (χ1) is 14.0. The molecule has 0 atom stereocenters. The lowest BCUT2D eigenvalue weighted by atomic mass is 10.1. The molecule has 3 aromatic carbocycles. The average molecular weight is 410 g/mol. The Morgan fingerprint density at radius 3 is 2.41 bits per heavy atom. The van der Waals surface area contributed by atoms with Gasteiger partial charge in [0, 0.05) is 11.9 Å². The van der Waals surface area contributed by atoms with Gasteiger partial charge in [0.05, 0.1) is 10.6 Å². The molecule has 1 amide bonds. The quantitative estimate of drug-likeness (QED) is 0.629. The number of amides is 1. The van der Waals surface area contributed by atoms with E-state index in [4.69, 9.17) is 4.74 Å². The van der Waals surface area contributed by atoms with E-state index < -0.39 is 35.1 Å². The Morgan fingerprint density at radius 1 is 0.931 bits per heavy atom. The van der Waals surface area contributed by atoms with Gasteiger partial charge in [0.2, 0.25) is 0 Å². The predicted octanol–water partition coefficient (Wildman–Crippen LogP) is 2.21. The van der Waals surface area contributed by atoms with E-state index in [0.29, 0.717) is 17.6 Å². The summed E-state index contributed by atoms with van der Waals surface area (Å²) in [6, 6.07) is 19.5. The molecule has 148 valence electrons. The number of ether oxygens (including phenoxy) is 1. The normalized spacial score (nSPS) is 14.0. The summed E-state index contributed by atoms with van der Waals surface area (Å²) in [4.78, 5) is 24.3. The Hall–Kier alpha value is -3.39. The van der Waals surface area contributed by atoms with Crippen molar-refractivity contribution in [1.29, 1.82) is 0 Å². The fraction of sp³-hybridized carbons (Fsp3) is 0.143. The zero-order valence-electron chi connectivity index (χ0n) is 15.4. The van der Waals surface area contributed by atoms with Crippen molar-refractivity contribution < 1.29 is 22.7 Å².